The Hall–Kier alpha value is -0.370. The molecule has 1 saturated carbocycles. The van der Waals surface area contributed by atoms with Crippen LogP contribution in [0.1, 0.15) is 32.6 Å². The van der Waals surface area contributed by atoms with Crippen LogP contribution in [0.15, 0.2) is 0 Å². The van der Waals surface area contributed by atoms with Gasteiger partial charge in [0.1, 0.15) is 0 Å². The predicted molar refractivity (Wildman–Crippen MR) is 73.1 cm³/mol. The fourth-order valence-electron chi connectivity index (χ4n) is 1.89. The van der Waals surface area contributed by atoms with Crippen LogP contribution in [0.5, 0.6) is 0 Å². The number of sulfonamides is 1. The average molecular weight is 300 g/mol. The summed E-state index contributed by atoms with van der Waals surface area (Å²) >= 11 is 0. The lowest BCUT2D eigenvalue weighted by Gasteiger charge is -2.22. The van der Waals surface area contributed by atoms with E-state index in [0.717, 1.165) is 12.8 Å². The number of halogens is 1. The molecule has 0 saturated heterocycles. The lowest BCUT2D eigenvalue weighted by molar-refractivity contribution is -0.126. The first-order valence-corrected chi connectivity index (χ1v) is 7.59. The van der Waals surface area contributed by atoms with E-state index in [-0.39, 0.29) is 37.2 Å². The molecule has 4 N–H and O–H groups in total. The Labute approximate surface area is 115 Å². The molecule has 18 heavy (non-hydrogen) atoms. The first-order chi connectivity index (χ1) is 7.90. The van der Waals surface area contributed by atoms with Crippen LogP contribution in [-0.4, -0.2) is 38.7 Å². The Morgan fingerprint density at radius 1 is 1.28 bits per heavy atom. The van der Waals surface area contributed by atoms with Crippen molar-refractivity contribution >= 4 is 28.3 Å². The highest BCUT2D eigenvalue weighted by Crippen LogP contribution is 2.26. The van der Waals surface area contributed by atoms with E-state index in [4.69, 9.17) is 5.73 Å². The molecule has 6 nitrogen and oxygen atoms in total. The highest BCUT2D eigenvalue weighted by molar-refractivity contribution is 7.89. The van der Waals surface area contributed by atoms with Gasteiger partial charge in [-0.2, -0.15) is 0 Å². The maximum Gasteiger partial charge on any atom is 0.240 e. The molecule has 1 aliphatic rings. The lowest BCUT2D eigenvalue weighted by Crippen LogP contribution is -2.53. The van der Waals surface area contributed by atoms with Crippen LogP contribution >= 0.6 is 12.4 Å². The third-order valence-electron chi connectivity index (χ3n) is 3.06. The maximum atomic E-state index is 11.7. The molecule has 0 radical (unpaired) electrons. The minimum absolute atomic E-state index is 0. The highest BCUT2D eigenvalue weighted by atomic mass is 35.5. The summed E-state index contributed by atoms with van der Waals surface area (Å²) in [6.45, 7) is 2.04. The Bertz CT molecular complexity index is 367. The minimum Gasteiger partial charge on any atom is -0.353 e. The van der Waals surface area contributed by atoms with E-state index in [1.54, 1.807) is 6.92 Å². The monoisotopic (exact) mass is 299 g/mol. The van der Waals surface area contributed by atoms with Crippen molar-refractivity contribution in [3.05, 3.63) is 0 Å². The molecule has 1 rings (SSSR count). The molecule has 0 aromatic heterocycles. The van der Waals surface area contributed by atoms with Gasteiger partial charge in [-0.3, -0.25) is 4.79 Å². The first kappa shape index (κ1) is 17.6. The molecule has 1 fully saturated rings. The van der Waals surface area contributed by atoms with Gasteiger partial charge >= 0.3 is 0 Å². The molecule has 108 valence electrons. The number of amides is 1. The number of hydrogen-bond donors (Lipinski definition) is 3. The van der Waals surface area contributed by atoms with Crippen molar-refractivity contribution < 1.29 is 13.2 Å². The van der Waals surface area contributed by atoms with Crippen molar-refractivity contribution in [2.45, 2.75) is 38.1 Å². The van der Waals surface area contributed by atoms with Gasteiger partial charge in [0.05, 0.1) is 11.3 Å². The highest BCUT2D eigenvalue weighted by Gasteiger charge is 2.36. The number of hydrogen-bond acceptors (Lipinski definition) is 4. The fraction of sp³-hybridized carbons (Fsp3) is 0.900. The van der Waals surface area contributed by atoms with Gasteiger partial charge < -0.3 is 11.1 Å². The molecular formula is C10H22ClN3O3S. The van der Waals surface area contributed by atoms with Crippen LogP contribution < -0.4 is 15.8 Å². The van der Waals surface area contributed by atoms with Crippen molar-refractivity contribution in [1.82, 2.24) is 10.0 Å². The van der Waals surface area contributed by atoms with Crippen LogP contribution in [0.2, 0.25) is 0 Å². The molecule has 0 aromatic carbocycles. The van der Waals surface area contributed by atoms with E-state index >= 15 is 0 Å². The molecule has 1 amide bonds. The largest absolute Gasteiger partial charge is 0.353 e. The molecular weight excluding hydrogens is 278 g/mol. The van der Waals surface area contributed by atoms with Crippen LogP contribution in [-0.2, 0) is 14.8 Å². The molecule has 1 aliphatic carbocycles. The van der Waals surface area contributed by atoms with Gasteiger partial charge in [-0.25, -0.2) is 13.1 Å². The third kappa shape index (κ3) is 5.09. The molecule has 0 aliphatic heterocycles. The van der Waals surface area contributed by atoms with E-state index in [9.17, 15) is 13.2 Å². The van der Waals surface area contributed by atoms with E-state index in [0.29, 0.717) is 12.8 Å². The number of rotatable bonds is 6. The van der Waals surface area contributed by atoms with E-state index < -0.39 is 15.6 Å². The predicted octanol–water partition coefficient (Wildman–Crippen LogP) is -0.265. The second-order valence-electron chi connectivity index (χ2n) is 4.42. The standard InChI is InChI=1S/C10H21N3O3S.ClH/c1-2-17(15,16)13-8-7-12-9(14)10(11)5-3-4-6-10;/h13H,2-8,11H2,1H3,(H,12,14);1H. The summed E-state index contributed by atoms with van der Waals surface area (Å²) in [6, 6.07) is 0. The van der Waals surface area contributed by atoms with Crippen LogP contribution in [0.25, 0.3) is 0 Å². The minimum atomic E-state index is -3.18. The van der Waals surface area contributed by atoms with Gasteiger partial charge in [0.2, 0.25) is 15.9 Å². The topological polar surface area (TPSA) is 101 Å². The molecule has 0 aromatic rings. The van der Waals surface area contributed by atoms with Crippen molar-refractivity contribution in [2.24, 2.45) is 5.73 Å². The zero-order valence-corrected chi connectivity index (χ0v) is 12.2. The number of nitrogens with one attached hydrogen (secondary N) is 2. The average Bonchev–Trinajstić information content (AvgIpc) is 2.72. The van der Waals surface area contributed by atoms with Crippen molar-refractivity contribution in [2.75, 3.05) is 18.8 Å². The normalized spacial score (nSPS) is 18.1. The molecule has 0 heterocycles. The molecule has 0 unspecified atom stereocenters. The lowest BCUT2D eigenvalue weighted by atomic mass is 9.98. The van der Waals surface area contributed by atoms with Crippen LogP contribution in [0, 0.1) is 0 Å². The SMILES string of the molecule is CCS(=O)(=O)NCCNC(=O)C1(N)CCCC1.Cl. The summed E-state index contributed by atoms with van der Waals surface area (Å²) in [7, 11) is -3.18. The second kappa shape index (κ2) is 7.28. The third-order valence-corrected chi connectivity index (χ3v) is 4.46. The Morgan fingerprint density at radius 2 is 1.83 bits per heavy atom. The molecule has 0 spiro atoms. The fourth-order valence-corrected chi connectivity index (χ4v) is 2.51. The Balaban J connectivity index is 0.00000289. The van der Waals surface area contributed by atoms with Gasteiger partial charge in [-0.05, 0) is 19.8 Å². The van der Waals surface area contributed by atoms with Crippen molar-refractivity contribution in [3.8, 4) is 0 Å². The summed E-state index contributed by atoms with van der Waals surface area (Å²) < 4.78 is 24.6. The number of nitrogens with two attached hydrogens (primary N) is 1. The number of carbonyl (C=O) groups is 1. The van der Waals surface area contributed by atoms with E-state index in [1.807, 2.05) is 0 Å². The molecule has 0 atom stereocenters. The summed E-state index contributed by atoms with van der Waals surface area (Å²) in [6.07, 6.45) is 3.37. The van der Waals surface area contributed by atoms with Gasteiger partial charge in [0.25, 0.3) is 0 Å². The number of carbonyl (C=O) groups excluding carboxylic acids is 1. The summed E-state index contributed by atoms with van der Waals surface area (Å²) in [4.78, 5) is 11.7. The zero-order chi connectivity index (χ0) is 12.9. The second-order valence-corrected chi connectivity index (χ2v) is 6.51. The van der Waals surface area contributed by atoms with Crippen molar-refractivity contribution in [1.29, 1.82) is 0 Å². The molecule has 0 bridgehead atoms. The van der Waals surface area contributed by atoms with Gasteiger partial charge in [0, 0.05) is 13.1 Å². The Kier molecular flexibility index (Phi) is 7.13. The van der Waals surface area contributed by atoms with Gasteiger partial charge in [0.15, 0.2) is 0 Å². The van der Waals surface area contributed by atoms with E-state index in [1.165, 1.54) is 0 Å². The smallest absolute Gasteiger partial charge is 0.240 e. The quantitative estimate of drug-likeness (QED) is 0.588. The van der Waals surface area contributed by atoms with Gasteiger partial charge in [-0.15, -0.1) is 12.4 Å². The Morgan fingerprint density at radius 3 is 2.33 bits per heavy atom. The first-order valence-electron chi connectivity index (χ1n) is 5.94. The van der Waals surface area contributed by atoms with E-state index in [2.05, 4.69) is 10.0 Å². The zero-order valence-electron chi connectivity index (χ0n) is 10.6. The van der Waals surface area contributed by atoms with Crippen LogP contribution in [0.3, 0.4) is 0 Å². The maximum absolute atomic E-state index is 11.7. The molecule has 8 heteroatoms. The van der Waals surface area contributed by atoms with Crippen LogP contribution in [0.4, 0.5) is 0 Å². The summed E-state index contributed by atoms with van der Waals surface area (Å²) in [5.74, 6) is -0.132. The van der Waals surface area contributed by atoms with Crippen molar-refractivity contribution in [3.63, 3.8) is 0 Å². The van der Waals surface area contributed by atoms with Gasteiger partial charge in [-0.1, -0.05) is 12.8 Å². The summed E-state index contributed by atoms with van der Waals surface area (Å²) in [5, 5.41) is 2.67. The summed E-state index contributed by atoms with van der Waals surface area (Å²) in [5.41, 5.74) is 5.20.